The molecule has 1 rings (SSSR count). The predicted octanol–water partition coefficient (Wildman–Crippen LogP) is 2.59. The minimum atomic E-state index is -0.784. The van der Waals surface area contributed by atoms with E-state index in [0.717, 1.165) is 37.8 Å². The number of likely N-dealkylation sites (tertiary alicyclic amines) is 1. The van der Waals surface area contributed by atoms with Crippen LogP contribution in [0.15, 0.2) is 11.6 Å². The van der Waals surface area contributed by atoms with Crippen molar-refractivity contribution < 1.29 is 14.7 Å². The molecule has 0 bridgehead atoms. The molecular formula is C14H23NO3. The zero-order valence-corrected chi connectivity index (χ0v) is 11.3. The van der Waals surface area contributed by atoms with E-state index < -0.39 is 5.97 Å². The summed E-state index contributed by atoms with van der Waals surface area (Å²) in [4.78, 5) is 24.8. The predicted molar refractivity (Wildman–Crippen MR) is 70.3 cm³/mol. The fraction of sp³-hybridized carbons (Fsp3) is 0.714. The molecule has 1 N–H and O–H groups in total. The number of carbonyl (C=O) groups is 2. The maximum Gasteiger partial charge on any atom is 0.303 e. The van der Waals surface area contributed by atoms with Crippen LogP contribution in [0, 0.1) is 0 Å². The number of carbonyl (C=O) groups excluding carboxylic acids is 1. The van der Waals surface area contributed by atoms with Crippen LogP contribution in [-0.4, -0.2) is 34.5 Å². The Kier molecular flexibility index (Phi) is 5.89. The van der Waals surface area contributed by atoms with E-state index >= 15 is 0 Å². The number of amides is 1. The number of carboxylic acids is 1. The molecule has 1 aliphatic heterocycles. The lowest BCUT2D eigenvalue weighted by atomic mass is 9.97. The van der Waals surface area contributed by atoms with Gasteiger partial charge in [0, 0.05) is 24.6 Å². The molecule has 4 heteroatoms. The van der Waals surface area contributed by atoms with Crippen molar-refractivity contribution >= 4 is 11.9 Å². The summed E-state index contributed by atoms with van der Waals surface area (Å²) in [7, 11) is 0. The molecule has 4 nitrogen and oxygen atoms in total. The molecule has 1 atom stereocenters. The van der Waals surface area contributed by atoms with E-state index in [1.807, 2.05) is 24.8 Å². The van der Waals surface area contributed by atoms with Crippen LogP contribution in [0.2, 0.25) is 0 Å². The second-order valence-electron chi connectivity index (χ2n) is 4.88. The van der Waals surface area contributed by atoms with Gasteiger partial charge in [0.05, 0.1) is 0 Å². The molecule has 0 aromatic carbocycles. The minimum absolute atomic E-state index is 0.0759. The third kappa shape index (κ3) is 4.17. The first-order chi connectivity index (χ1) is 8.56. The summed E-state index contributed by atoms with van der Waals surface area (Å²) < 4.78 is 0. The molecule has 1 heterocycles. The van der Waals surface area contributed by atoms with Crippen LogP contribution in [0.5, 0.6) is 0 Å². The van der Waals surface area contributed by atoms with Gasteiger partial charge in [-0.3, -0.25) is 9.59 Å². The molecule has 0 aromatic rings. The second-order valence-corrected chi connectivity index (χ2v) is 4.88. The van der Waals surface area contributed by atoms with Crippen LogP contribution in [0.25, 0.3) is 0 Å². The lowest BCUT2D eigenvalue weighted by Crippen LogP contribution is -2.44. The molecular weight excluding hydrogens is 230 g/mol. The molecule has 0 spiro atoms. The number of aliphatic carboxylic acids is 1. The van der Waals surface area contributed by atoms with Crippen molar-refractivity contribution in [1.29, 1.82) is 0 Å². The zero-order valence-electron chi connectivity index (χ0n) is 11.3. The molecule has 1 unspecified atom stereocenters. The Hall–Kier alpha value is -1.32. The van der Waals surface area contributed by atoms with Crippen molar-refractivity contribution in [3.8, 4) is 0 Å². The number of nitrogens with zero attached hydrogens (tertiary/aromatic N) is 1. The van der Waals surface area contributed by atoms with Crippen molar-refractivity contribution in [3.05, 3.63) is 11.6 Å². The van der Waals surface area contributed by atoms with Crippen molar-refractivity contribution in [2.75, 3.05) is 6.54 Å². The van der Waals surface area contributed by atoms with Gasteiger partial charge in [0.1, 0.15) is 0 Å². The van der Waals surface area contributed by atoms with E-state index in [1.165, 1.54) is 0 Å². The lowest BCUT2D eigenvalue weighted by Gasteiger charge is -2.36. The van der Waals surface area contributed by atoms with Gasteiger partial charge in [0.25, 0.3) is 0 Å². The summed E-state index contributed by atoms with van der Waals surface area (Å²) in [5, 5.41) is 8.75. The number of piperidine rings is 1. The van der Waals surface area contributed by atoms with Gasteiger partial charge in [0.2, 0.25) is 5.91 Å². The van der Waals surface area contributed by atoms with Crippen LogP contribution in [0.3, 0.4) is 0 Å². The molecule has 1 saturated heterocycles. The van der Waals surface area contributed by atoms with Crippen molar-refractivity contribution in [2.24, 2.45) is 0 Å². The highest BCUT2D eigenvalue weighted by atomic mass is 16.4. The molecule has 0 aliphatic carbocycles. The average Bonchev–Trinajstić information content (AvgIpc) is 2.36. The standard InChI is InChI=1S/C14H23NO3/c1-3-6-11(2)14(18)15-10-5-4-7-12(15)8-9-13(16)17/h6,12H,3-5,7-10H2,1-2H3,(H,16,17)/b11-6+. The Morgan fingerprint density at radius 3 is 2.72 bits per heavy atom. The number of hydrogen-bond acceptors (Lipinski definition) is 2. The Morgan fingerprint density at radius 2 is 2.11 bits per heavy atom. The van der Waals surface area contributed by atoms with Gasteiger partial charge < -0.3 is 10.0 Å². The number of hydrogen-bond donors (Lipinski definition) is 1. The third-order valence-corrected chi connectivity index (χ3v) is 3.43. The molecule has 102 valence electrons. The highest BCUT2D eigenvalue weighted by Crippen LogP contribution is 2.22. The van der Waals surface area contributed by atoms with E-state index in [9.17, 15) is 9.59 Å². The van der Waals surface area contributed by atoms with Crippen LogP contribution in [0.4, 0.5) is 0 Å². The highest BCUT2D eigenvalue weighted by Gasteiger charge is 2.27. The topological polar surface area (TPSA) is 57.6 Å². The van der Waals surface area contributed by atoms with Crippen LogP contribution in [-0.2, 0) is 9.59 Å². The van der Waals surface area contributed by atoms with Gasteiger partial charge in [-0.15, -0.1) is 0 Å². The van der Waals surface area contributed by atoms with E-state index in [2.05, 4.69) is 0 Å². The Balaban J connectivity index is 2.66. The number of carboxylic acid groups (broad SMARTS) is 1. The third-order valence-electron chi connectivity index (χ3n) is 3.43. The van der Waals surface area contributed by atoms with E-state index in [0.29, 0.717) is 6.42 Å². The minimum Gasteiger partial charge on any atom is -0.481 e. The molecule has 1 amide bonds. The summed E-state index contributed by atoms with van der Waals surface area (Å²) >= 11 is 0. The van der Waals surface area contributed by atoms with E-state index in [-0.39, 0.29) is 18.4 Å². The molecule has 1 fully saturated rings. The lowest BCUT2D eigenvalue weighted by molar-refractivity contribution is -0.139. The second kappa shape index (κ2) is 7.19. The summed E-state index contributed by atoms with van der Waals surface area (Å²) in [6.07, 6.45) is 6.54. The highest BCUT2D eigenvalue weighted by molar-refractivity contribution is 5.93. The van der Waals surface area contributed by atoms with E-state index in [1.54, 1.807) is 0 Å². The quantitative estimate of drug-likeness (QED) is 0.766. The smallest absolute Gasteiger partial charge is 0.303 e. The maximum absolute atomic E-state index is 12.3. The average molecular weight is 253 g/mol. The van der Waals surface area contributed by atoms with Gasteiger partial charge in [-0.1, -0.05) is 13.0 Å². The van der Waals surface area contributed by atoms with E-state index in [4.69, 9.17) is 5.11 Å². The molecule has 0 radical (unpaired) electrons. The fourth-order valence-electron chi connectivity index (χ4n) is 2.48. The molecule has 1 aliphatic rings. The van der Waals surface area contributed by atoms with Crippen LogP contribution in [0.1, 0.15) is 52.4 Å². The Bertz CT molecular complexity index is 336. The van der Waals surface area contributed by atoms with Crippen LogP contribution >= 0.6 is 0 Å². The molecule has 0 saturated carbocycles. The zero-order chi connectivity index (χ0) is 13.5. The number of rotatable bonds is 5. The Labute approximate surface area is 109 Å². The van der Waals surface area contributed by atoms with Gasteiger partial charge in [-0.25, -0.2) is 0 Å². The maximum atomic E-state index is 12.3. The van der Waals surface area contributed by atoms with Gasteiger partial charge >= 0.3 is 5.97 Å². The monoisotopic (exact) mass is 253 g/mol. The first-order valence-corrected chi connectivity index (χ1v) is 6.75. The molecule has 0 aromatic heterocycles. The normalized spacial score (nSPS) is 20.9. The van der Waals surface area contributed by atoms with Gasteiger partial charge in [-0.05, 0) is 39.0 Å². The summed E-state index contributed by atoms with van der Waals surface area (Å²) in [6, 6.07) is 0.0996. The molecule has 18 heavy (non-hydrogen) atoms. The summed E-state index contributed by atoms with van der Waals surface area (Å²) in [6.45, 7) is 4.61. The summed E-state index contributed by atoms with van der Waals surface area (Å²) in [5.74, 6) is -0.708. The Morgan fingerprint density at radius 1 is 1.39 bits per heavy atom. The first-order valence-electron chi connectivity index (χ1n) is 6.75. The summed E-state index contributed by atoms with van der Waals surface area (Å²) in [5.41, 5.74) is 0.778. The largest absolute Gasteiger partial charge is 0.481 e. The van der Waals surface area contributed by atoms with Gasteiger partial charge in [0.15, 0.2) is 0 Å². The first kappa shape index (κ1) is 14.7. The van der Waals surface area contributed by atoms with Crippen molar-refractivity contribution in [3.63, 3.8) is 0 Å². The van der Waals surface area contributed by atoms with Gasteiger partial charge in [-0.2, -0.15) is 0 Å². The SMILES string of the molecule is CC/C=C(\C)C(=O)N1CCCCC1CCC(=O)O. The van der Waals surface area contributed by atoms with Crippen LogP contribution < -0.4 is 0 Å². The van der Waals surface area contributed by atoms with Crippen molar-refractivity contribution in [1.82, 2.24) is 4.90 Å². The number of allylic oxidation sites excluding steroid dienone is 1. The fourth-order valence-corrected chi connectivity index (χ4v) is 2.48. The van der Waals surface area contributed by atoms with Crippen molar-refractivity contribution in [2.45, 2.75) is 58.4 Å².